The summed E-state index contributed by atoms with van der Waals surface area (Å²) >= 11 is 1.66. The van der Waals surface area contributed by atoms with E-state index in [4.69, 9.17) is 0 Å². The Hall–Kier alpha value is -0.410. The van der Waals surface area contributed by atoms with Gasteiger partial charge in [-0.05, 0) is 19.8 Å². The van der Waals surface area contributed by atoms with Crippen molar-refractivity contribution in [1.82, 2.24) is 4.98 Å². The fourth-order valence-electron chi connectivity index (χ4n) is 2.04. The standard InChI is InChI=1S/C10H15NOS/c1-8-11-9(7-13-8)6-10(12)4-2-3-5-10/h7,12H,2-6H2,1H3. The Kier molecular flexibility index (Phi) is 2.39. The molecule has 0 radical (unpaired) electrons. The number of hydrogen-bond acceptors (Lipinski definition) is 3. The van der Waals surface area contributed by atoms with Gasteiger partial charge < -0.3 is 5.11 Å². The first kappa shape index (κ1) is 9.16. The Bertz CT molecular complexity index is 289. The number of thiazole rings is 1. The highest BCUT2D eigenvalue weighted by Gasteiger charge is 2.31. The molecule has 1 N–H and O–H groups in total. The Morgan fingerprint density at radius 2 is 2.23 bits per heavy atom. The average Bonchev–Trinajstić information content (AvgIpc) is 2.62. The molecule has 13 heavy (non-hydrogen) atoms. The quantitative estimate of drug-likeness (QED) is 0.789. The highest BCUT2D eigenvalue weighted by molar-refractivity contribution is 7.09. The molecule has 0 amide bonds. The van der Waals surface area contributed by atoms with Crippen molar-refractivity contribution in [3.63, 3.8) is 0 Å². The van der Waals surface area contributed by atoms with Gasteiger partial charge in [0.25, 0.3) is 0 Å². The highest BCUT2D eigenvalue weighted by atomic mass is 32.1. The van der Waals surface area contributed by atoms with Crippen molar-refractivity contribution in [3.05, 3.63) is 16.1 Å². The zero-order valence-corrected chi connectivity index (χ0v) is 8.73. The fraction of sp³-hybridized carbons (Fsp3) is 0.700. The SMILES string of the molecule is Cc1nc(CC2(O)CCCC2)cs1. The minimum atomic E-state index is -0.444. The highest BCUT2D eigenvalue weighted by Crippen LogP contribution is 2.32. The van der Waals surface area contributed by atoms with Crippen LogP contribution in [0.25, 0.3) is 0 Å². The number of aromatic nitrogens is 1. The topological polar surface area (TPSA) is 33.1 Å². The Balaban J connectivity index is 2.04. The van der Waals surface area contributed by atoms with E-state index in [-0.39, 0.29) is 0 Å². The summed E-state index contributed by atoms with van der Waals surface area (Å²) in [4.78, 5) is 4.38. The van der Waals surface area contributed by atoms with E-state index in [1.807, 2.05) is 6.92 Å². The zero-order valence-electron chi connectivity index (χ0n) is 7.92. The van der Waals surface area contributed by atoms with Crippen LogP contribution in [-0.2, 0) is 6.42 Å². The van der Waals surface area contributed by atoms with E-state index in [9.17, 15) is 5.11 Å². The molecular weight excluding hydrogens is 182 g/mol. The van der Waals surface area contributed by atoms with E-state index in [1.165, 1.54) is 12.8 Å². The van der Waals surface area contributed by atoms with Crippen molar-refractivity contribution in [2.45, 2.75) is 44.6 Å². The minimum Gasteiger partial charge on any atom is -0.389 e. The summed E-state index contributed by atoms with van der Waals surface area (Å²) < 4.78 is 0. The van der Waals surface area contributed by atoms with E-state index in [2.05, 4.69) is 10.4 Å². The summed E-state index contributed by atoms with van der Waals surface area (Å²) in [5, 5.41) is 13.3. The molecule has 0 saturated heterocycles. The van der Waals surface area contributed by atoms with Gasteiger partial charge in [0, 0.05) is 11.8 Å². The van der Waals surface area contributed by atoms with Gasteiger partial charge in [0.1, 0.15) is 0 Å². The van der Waals surface area contributed by atoms with Crippen molar-refractivity contribution in [2.75, 3.05) is 0 Å². The van der Waals surface area contributed by atoms with Crippen molar-refractivity contribution >= 4 is 11.3 Å². The maximum absolute atomic E-state index is 10.1. The third-order valence-corrected chi connectivity index (χ3v) is 3.53. The van der Waals surface area contributed by atoms with Crippen LogP contribution < -0.4 is 0 Å². The van der Waals surface area contributed by atoms with Gasteiger partial charge in [0.05, 0.1) is 16.3 Å². The lowest BCUT2D eigenvalue weighted by molar-refractivity contribution is 0.0473. The first-order chi connectivity index (χ1) is 6.18. The van der Waals surface area contributed by atoms with E-state index in [0.717, 1.165) is 30.0 Å². The third-order valence-electron chi connectivity index (χ3n) is 2.71. The molecule has 72 valence electrons. The van der Waals surface area contributed by atoms with E-state index < -0.39 is 5.60 Å². The van der Waals surface area contributed by atoms with Crippen LogP contribution >= 0.6 is 11.3 Å². The Morgan fingerprint density at radius 1 is 1.54 bits per heavy atom. The summed E-state index contributed by atoms with van der Waals surface area (Å²) in [6.45, 7) is 2.01. The molecule has 2 rings (SSSR count). The van der Waals surface area contributed by atoms with Gasteiger partial charge in [-0.15, -0.1) is 11.3 Å². The first-order valence-electron chi connectivity index (χ1n) is 4.81. The molecule has 0 aromatic carbocycles. The van der Waals surface area contributed by atoms with E-state index in [1.54, 1.807) is 11.3 Å². The lowest BCUT2D eigenvalue weighted by Gasteiger charge is -2.20. The average molecular weight is 197 g/mol. The lowest BCUT2D eigenvalue weighted by Crippen LogP contribution is -2.27. The van der Waals surface area contributed by atoms with Crippen LogP contribution in [0.2, 0.25) is 0 Å². The van der Waals surface area contributed by atoms with Crippen molar-refractivity contribution < 1.29 is 5.11 Å². The molecule has 0 aliphatic heterocycles. The van der Waals surface area contributed by atoms with Crippen LogP contribution in [0.4, 0.5) is 0 Å². The van der Waals surface area contributed by atoms with Crippen LogP contribution in [0.1, 0.15) is 36.4 Å². The number of rotatable bonds is 2. The molecule has 0 spiro atoms. The third kappa shape index (κ3) is 2.09. The molecule has 1 aliphatic rings. The molecule has 3 heteroatoms. The monoisotopic (exact) mass is 197 g/mol. The molecule has 1 aromatic rings. The smallest absolute Gasteiger partial charge is 0.0897 e. The molecule has 1 heterocycles. The molecule has 1 aromatic heterocycles. The molecule has 0 unspecified atom stereocenters. The molecule has 1 fully saturated rings. The van der Waals surface area contributed by atoms with Gasteiger partial charge in [-0.25, -0.2) is 4.98 Å². The molecule has 1 saturated carbocycles. The number of hydrogen-bond donors (Lipinski definition) is 1. The second kappa shape index (κ2) is 3.39. The number of aryl methyl sites for hydroxylation is 1. The predicted octanol–water partition coefficient (Wildman–Crippen LogP) is 2.30. The summed E-state index contributed by atoms with van der Waals surface area (Å²) in [6.07, 6.45) is 4.98. The normalized spacial score (nSPS) is 20.8. The summed E-state index contributed by atoms with van der Waals surface area (Å²) in [6, 6.07) is 0. The summed E-state index contributed by atoms with van der Waals surface area (Å²) in [5.74, 6) is 0. The zero-order chi connectivity index (χ0) is 9.31. The van der Waals surface area contributed by atoms with Crippen LogP contribution in [0.3, 0.4) is 0 Å². The van der Waals surface area contributed by atoms with E-state index >= 15 is 0 Å². The molecular formula is C10H15NOS. The second-order valence-electron chi connectivity index (χ2n) is 3.97. The maximum Gasteiger partial charge on any atom is 0.0897 e. The number of aliphatic hydroxyl groups is 1. The molecule has 2 nitrogen and oxygen atoms in total. The summed E-state index contributed by atoms with van der Waals surface area (Å²) in [5.41, 5.74) is 0.618. The van der Waals surface area contributed by atoms with E-state index in [0.29, 0.717) is 0 Å². The molecule has 0 atom stereocenters. The first-order valence-corrected chi connectivity index (χ1v) is 5.69. The molecule has 0 bridgehead atoms. The van der Waals surface area contributed by atoms with Gasteiger partial charge >= 0.3 is 0 Å². The van der Waals surface area contributed by atoms with Crippen molar-refractivity contribution in [3.8, 4) is 0 Å². The second-order valence-corrected chi connectivity index (χ2v) is 5.03. The Labute approximate surface area is 82.6 Å². The van der Waals surface area contributed by atoms with Crippen LogP contribution in [-0.4, -0.2) is 15.7 Å². The van der Waals surface area contributed by atoms with Gasteiger partial charge in [0.2, 0.25) is 0 Å². The van der Waals surface area contributed by atoms with Gasteiger partial charge in [-0.3, -0.25) is 0 Å². The molecule has 1 aliphatic carbocycles. The number of nitrogens with zero attached hydrogens (tertiary/aromatic N) is 1. The lowest BCUT2D eigenvalue weighted by atomic mass is 9.97. The van der Waals surface area contributed by atoms with Crippen molar-refractivity contribution in [2.24, 2.45) is 0 Å². The van der Waals surface area contributed by atoms with Crippen molar-refractivity contribution in [1.29, 1.82) is 0 Å². The van der Waals surface area contributed by atoms with Crippen LogP contribution in [0, 0.1) is 6.92 Å². The maximum atomic E-state index is 10.1. The fourth-order valence-corrected chi connectivity index (χ4v) is 2.65. The largest absolute Gasteiger partial charge is 0.389 e. The minimum absolute atomic E-state index is 0.444. The summed E-state index contributed by atoms with van der Waals surface area (Å²) in [7, 11) is 0. The van der Waals surface area contributed by atoms with Crippen LogP contribution in [0.5, 0.6) is 0 Å². The van der Waals surface area contributed by atoms with Gasteiger partial charge in [-0.1, -0.05) is 12.8 Å². The van der Waals surface area contributed by atoms with Gasteiger partial charge in [0.15, 0.2) is 0 Å². The Morgan fingerprint density at radius 3 is 2.77 bits per heavy atom. The van der Waals surface area contributed by atoms with Crippen LogP contribution in [0.15, 0.2) is 5.38 Å². The predicted molar refractivity (Wildman–Crippen MR) is 54.0 cm³/mol. The van der Waals surface area contributed by atoms with Gasteiger partial charge in [-0.2, -0.15) is 0 Å².